The van der Waals surface area contributed by atoms with E-state index in [0.717, 1.165) is 15.0 Å². The molecule has 0 saturated carbocycles. The van der Waals surface area contributed by atoms with Crippen LogP contribution in [0.15, 0.2) is 12.7 Å². The van der Waals surface area contributed by atoms with Gasteiger partial charge in [0.15, 0.2) is 0 Å². The number of hydrogen-bond acceptors (Lipinski definition) is 0. The molecule has 0 aliphatic rings. The van der Waals surface area contributed by atoms with E-state index in [1.54, 1.807) is 0 Å². The predicted octanol–water partition coefficient (Wildman–Crippen LogP) is 2.51. The Bertz CT molecular complexity index is 50.3. The molecule has 8 heavy (non-hydrogen) atoms. The van der Waals surface area contributed by atoms with E-state index in [1.807, 2.05) is 6.08 Å². The Hall–Kier alpha value is 0.259. The van der Waals surface area contributed by atoms with Crippen LogP contribution in [0.25, 0.3) is 0 Å². The van der Waals surface area contributed by atoms with Crippen molar-refractivity contribution in [2.45, 2.75) is 30.4 Å². The van der Waals surface area contributed by atoms with E-state index in [-0.39, 0.29) is 0 Å². The van der Waals surface area contributed by atoms with E-state index in [1.165, 1.54) is 23.5 Å². The normalized spacial score (nSPS) is 9.12. The molecular weight excluding hydrogens is 163 g/mol. The molecule has 0 atom stereocenters. The van der Waals surface area contributed by atoms with Gasteiger partial charge in [-0.3, -0.25) is 0 Å². The summed E-state index contributed by atoms with van der Waals surface area (Å²) in [6.45, 7) is 5.91. The fraction of sp³-hybridized carbons (Fsp3) is 0.714. The molecular formula is C7H14Se. The van der Waals surface area contributed by atoms with E-state index in [0.29, 0.717) is 0 Å². The van der Waals surface area contributed by atoms with Crippen LogP contribution < -0.4 is 0 Å². The van der Waals surface area contributed by atoms with Gasteiger partial charge < -0.3 is 0 Å². The second kappa shape index (κ2) is 7.26. The van der Waals surface area contributed by atoms with E-state index in [2.05, 4.69) is 13.5 Å². The van der Waals surface area contributed by atoms with Crippen LogP contribution in [0.3, 0.4) is 0 Å². The van der Waals surface area contributed by atoms with E-state index in [4.69, 9.17) is 0 Å². The maximum absolute atomic E-state index is 3.67. The minimum absolute atomic E-state index is 0.859. The summed E-state index contributed by atoms with van der Waals surface area (Å²) < 4.78 is 0. The van der Waals surface area contributed by atoms with Gasteiger partial charge in [0.1, 0.15) is 0 Å². The molecule has 0 radical (unpaired) electrons. The molecule has 0 aliphatic heterocycles. The standard InChI is InChI=1S/C7H14Se/c1-3-5-7-8-6-4-2/h4H,2-3,5-7H2,1H3. The molecule has 0 aromatic rings. The minimum atomic E-state index is 0.859. The monoisotopic (exact) mass is 178 g/mol. The molecule has 0 fully saturated rings. The van der Waals surface area contributed by atoms with Crippen LogP contribution in [-0.2, 0) is 0 Å². The van der Waals surface area contributed by atoms with E-state index in [9.17, 15) is 0 Å². The first-order valence-electron chi connectivity index (χ1n) is 3.10. The average molecular weight is 177 g/mol. The maximum atomic E-state index is 3.67. The molecule has 0 aromatic carbocycles. The van der Waals surface area contributed by atoms with E-state index >= 15 is 0 Å². The summed E-state index contributed by atoms with van der Waals surface area (Å²) in [6.07, 6.45) is 4.78. The molecule has 0 N–H and O–H groups in total. The Morgan fingerprint density at radius 1 is 1.62 bits per heavy atom. The molecule has 0 aromatic heterocycles. The summed E-state index contributed by atoms with van der Waals surface area (Å²) in [5.41, 5.74) is 0. The van der Waals surface area contributed by atoms with Crippen molar-refractivity contribution >= 4 is 15.0 Å². The van der Waals surface area contributed by atoms with Crippen LogP contribution in [0, 0.1) is 0 Å². The summed E-state index contributed by atoms with van der Waals surface area (Å²) in [6, 6.07) is 0. The molecule has 0 heterocycles. The molecule has 48 valence electrons. The van der Waals surface area contributed by atoms with Crippen molar-refractivity contribution in [3.8, 4) is 0 Å². The third-order valence-electron chi connectivity index (χ3n) is 0.878. The first kappa shape index (κ1) is 8.26. The van der Waals surface area contributed by atoms with Crippen molar-refractivity contribution in [1.82, 2.24) is 0 Å². The Labute approximate surface area is 58.5 Å². The van der Waals surface area contributed by atoms with Crippen LogP contribution in [-0.4, -0.2) is 15.0 Å². The fourth-order valence-corrected chi connectivity index (χ4v) is 2.15. The predicted molar refractivity (Wildman–Crippen MR) is 40.5 cm³/mol. The van der Waals surface area contributed by atoms with Gasteiger partial charge in [-0.05, 0) is 0 Å². The number of unbranched alkanes of at least 4 members (excludes halogenated alkanes) is 1. The van der Waals surface area contributed by atoms with Gasteiger partial charge in [0.25, 0.3) is 0 Å². The van der Waals surface area contributed by atoms with Gasteiger partial charge in [-0.1, -0.05) is 0 Å². The van der Waals surface area contributed by atoms with Crippen LogP contribution in [0.4, 0.5) is 0 Å². The summed E-state index contributed by atoms with van der Waals surface area (Å²) >= 11 is 0.859. The second-order valence-electron chi connectivity index (χ2n) is 1.72. The molecule has 0 rings (SSSR count). The molecule has 0 unspecified atom stereocenters. The van der Waals surface area contributed by atoms with Gasteiger partial charge in [0, 0.05) is 0 Å². The quantitative estimate of drug-likeness (QED) is 0.344. The Balaban J connectivity index is 2.62. The van der Waals surface area contributed by atoms with Crippen LogP contribution in [0.1, 0.15) is 19.8 Å². The van der Waals surface area contributed by atoms with Crippen molar-refractivity contribution in [2.24, 2.45) is 0 Å². The van der Waals surface area contributed by atoms with Crippen molar-refractivity contribution in [2.75, 3.05) is 0 Å². The molecule has 1 heteroatoms. The molecule has 0 nitrogen and oxygen atoms in total. The number of allylic oxidation sites excluding steroid dienone is 1. The van der Waals surface area contributed by atoms with Gasteiger partial charge in [-0.25, -0.2) is 0 Å². The summed E-state index contributed by atoms with van der Waals surface area (Å²) in [7, 11) is 0. The first-order chi connectivity index (χ1) is 3.91. The van der Waals surface area contributed by atoms with Gasteiger partial charge in [0.2, 0.25) is 0 Å². The van der Waals surface area contributed by atoms with E-state index < -0.39 is 0 Å². The molecule has 0 bridgehead atoms. The van der Waals surface area contributed by atoms with Crippen molar-refractivity contribution in [3.63, 3.8) is 0 Å². The molecule has 0 spiro atoms. The Morgan fingerprint density at radius 2 is 2.38 bits per heavy atom. The van der Waals surface area contributed by atoms with Crippen LogP contribution >= 0.6 is 0 Å². The summed E-state index contributed by atoms with van der Waals surface area (Å²) in [4.78, 5) is 0. The van der Waals surface area contributed by atoms with Gasteiger partial charge >= 0.3 is 58.0 Å². The zero-order chi connectivity index (χ0) is 6.24. The zero-order valence-electron chi connectivity index (χ0n) is 5.52. The van der Waals surface area contributed by atoms with Gasteiger partial charge in [0.05, 0.1) is 0 Å². The molecule has 0 saturated heterocycles. The van der Waals surface area contributed by atoms with Gasteiger partial charge in [-0.2, -0.15) is 0 Å². The third kappa shape index (κ3) is 6.26. The van der Waals surface area contributed by atoms with Gasteiger partial charge in [-0.15, -0.1) is 0 Å². The molecule has 0 aliphatic carbocycles. The SMILES string of the molecule is C=CC[Se]CCCC. The number of hydrogen-bond donors (Lipinski definition) is 0. The second-order valence-corrected chi connectivity index (χ2v) is 4.13. The average Bonchev–Trinajstić information content (AvgIpc) is 1.81. The summed E-state index contributed by atoms with van der Waals surface area (Å²) in [5.74, 6) is 0. The Kier molecular flexibility index (Phi) is 7.49. The zero-order valence-corrected chi connectivity index (χ0v) is 7.23. The number of rotatable bonds is 5. The van der Waals surface area contributed by atoms with Crippen LogP contribution in [0.5, 0.6) is 0 Å². The topological polar surface area (TPSA) is 0 Å². The van der Waals surface area contributed by atoms with Crippen molar-refractivity contribution in [3.05, 3.63) is 12.7 Å². The summed E-state index contributed by atoms with van der Waals surface area (Å²) in [5, 5.41) is 2.70. The third-order valence-corrected chi connectivity index (χ3v) is 3.08. The molecule has 0 amide bonds. The van der Waals surface area contributed by atoms with Crippen LogP contribution in [0.2, 0.25) is 10.6 Å². The fourth-order valence-electron chi connectivity index (χ4n) is 0.413. The first-order valence-corrected chi connectivity index (χ1v) is 5.52. The Morgan fingerprint density at radius 3 is 2.88 bits per heavy atom. The van der Waals surface area contributed by atoms with Crippen molar-refractivity contribution < 1.29 is 0 Å². The van der Waals surface area contributed by atoms with Crippen molar-refractivity contribution in [1.29, 1.82) is 0 Å².